The normalized spacial score (nSPS) is 21.1. The summed E-state index contributed by atoms with van der Waals surface area (Å²) >= 11 is 0. The smallest absolute Gasteiger partial charge is 0.148 e. The zero-order chi connectivity index (χ0) is 9.78. The molecule has 3 atom stereocenters. The van der Waals surface area contributed by atoms with Gasteiger partial charge in [-0.15, -0.1) is 0 Å². The second-order valence-corrected chi connectivity index (χ2v) is 2.56. The first-order valence-electron chi connectivity index (χ1n) is 3.37. The Labute approximate surface area is 69.2 Å². The van der Waals surface area contributed by atoms with Gasteiger partial charge in [0.2, 0.25) is 0 Å². The second kappa shape index (κ2) is 4.48. The molecule has 0 saturated heterocycles. The van der Waals surface area contributed by atoms with Crippen LogP contribution in [-0.4, -0.2) is 51.3 Å². The van der Waals surface area contributed by atoms with E-state index in [-0.39, 0.29) is 0 Å². The van der Waals surface area contributed by atoms with Gasteiger partial charge >= 0.3 is 0 Å². The van der Waals surface area contributed by atoms with Crippen LogP contribution < -0.4 is 5.73 Å². The van der Waals surface area contributed by atoms with Crippen molar-refractivity contribution in [2.24, 2.45) is 5.73 Å². The van der Waals surface area contributed by atoms with Gasteiger partial charge in [-0.2, -0.15) is 0 Å². The number of carbonyl (C=O) groups is 1. The molecule has 0 aliphatic carbocycles. The fraction of sp³-hybridized carbons (Fsp3) is 0.833. The van der Waals surface area contributed by atoms with E-state index in [0.717, 1.165) is 0 Å². The summed E-state index contributed by atoms with van der Waals surface area (Å²) in [6.07, 6.45) is -3.49. The Kier molecular flexibility index (Phi) is 4.29. The van der Waals surface area contributed by atoms with Crippen molar-refractivity contribution in [3.8, 4) is 0 Å². The molecule has 72 valence electrons. The highest BCUT2D eigenvalue weighted by Gasteiger charge is 2.35. The van der Waals surface area contributed by atoms with Crippen LogP contribution in [0.2, 0.25) is 0 Å². The summed E-state index contributed by atoms with van der Waals surface area (Å²) in [5.74, 6) is 0. The molecule has 0 aromatic carbocycles. The van der Waals surface area contributed by atoms with Crippen LogP contribution in [0.25, 0.3) is 0 Å². The predicted octanol–water partition coefficient (Wildman–Crippen LogP) is -3.06. The van der Waals surface area contributed by atoms with Gasteiger partial charge in [-0.3, -0.25) is 0 Å². The minimum Gasteiger partial charge on any atom is -0.394 e. The molecule has 0 aromatic heterocycles. The molecule has 0 fully saturated rings. The maximum atomic E-state index is 9.94. The highest BCUT2D eigenvalue weighted by molar-refractivity contribution is 5.51. The van der Waals surface area contributed by atoms with Gasteiger partial charge in [-0.1, -0.05) is 0 Å². The average molecular weight is 179 g/mol. The maximum Gasteiger partial charge on any atom is 0.148 e. The van der Waals surface area contributed by atoms with Crippen molar-refractivity contribution >= 4 is 6.29 Å². The molecule has 0 unspecified atom stereocenters. The Morgan fingerprint density at radius 2 is 2.00 bits per heavy atom. The van der Waals surface area contributed by atoms with Gasteiger partial charge in [-0.25, -0.2) is 0 Å². The molecule has 0 aromatic rings. The molecule has 0 amide bonds. The van der Waals surface area contributed by atoms with Crippen LogP contribution in [0.15, 0.2) is 0 Å². The van der Waals surface area contributed by atoms with Gasteiger partial charge in [0.25, 0.3) is 0 Å². The Hall–Kier alpha value is -0.530. The number of hydrogen-bond donors (Lipinski definition) is 5. The van der Waals surface area contributed by atoms with E-state index in [1.54, 1.807) is 0 Å². The van der Waals surface area contributed by atoms with E-state index in [9.17, 15) is 4.79 Å². The Morgan fingerprint density at radius 1 is 1.50 bits per heavy atom. The fourth-order valence-electron chi connectivity index (χ4n) is 0.687. The number of aliphatic hydroxyl groups excluding tert-OH is 3. The average Bonchev–Trinajstić information content (AvgIpc) is 2.01. The zero-order valence-electron chi connectivity index (χ0n) is 6.42. The largest absolute Gasteiger partial charge is 0.394 e. The predicted molar refractivity (Wildman–Crippen MR) is 38.9 cm³/mol. The number of aliphatic hydroxyl groups is 4. The first kappa shape index (κ1) is 11.5. The van der Waals surface area contributed by atoms with Crippen molar-refractivity contribution in [3.05, 3.63) is 0 Å². The minimum absolute atomic E-state index is 0.313. The summed E-state index contributed by atoms with van der Waals surface area (Å²) in [4.78, 5) is 9.94. The quantitative estimate of drug-likeness (QED) is 0.225. The van der Waals surface area contributed by atoms with E-state index in [0.29, 0.717) is 6.29 Å². The van der Waals surface area contributed by atoms with Crippen LogP contribution in [0.5, 0.6) is 0 Å². The summed E-state index contributed by atoms with van der Waals surface area (Å²) in [7, 11) is 0. The van der Waals surface area contributed by atoms with Crippen LogP contribution in [0.3, 0.4) is 0 Å². The molecular formula is C6H13NO5. The Bertz CT molecular complexity index is 149. The van der Waals surface area contributed by atoms with Crippen molar-refractivity contribution in [2.45, 2.75) is 24.4 Å². The lowest BCUT2D eigenvalue weighted by atomic mass is 10.00. The van der Waals surface area contributed by atoms with E-state index < -0.39 is 31.0 Å². The fourth-order valence-corrected chi connectivity index (χ4v) is 0.687. The maximum absolute atomic E-state index is 9.94. The zero-order valence-corrected chi connectivity index (χ0v) is 6.42. The Balaban J connectivity index is 4.22. The van der Waals surface area contributed by atoms with E-state index in [4.69, 9.17) is 26.2 Å². The lowest BCUT2D eigenvalue weighted by Crippen LogP contribution is -2.56. The van der Waals surface area contributed by atoms with Crippen molar-refractivity contribution in [1.29, 1.82) is 0 Å². The lowest BCUT2D eigenvalue weighted by Gasteiger charge is -2.29. The van der Waals surface area contributed by atoms with Crippen molar-refractivity contribution in [2.75, 3.05) is 6.61 Å². The molecule has 0 aliphatic heterocycles. The molecule has 0 spiro atoms. The number of rotatable bonds is 5. The molecule has 0 radical (unpaired) electrons. The molecule has 0 rings (SSSR count). The molecule has 0 heterocycles. The monoisotopic (exact) mass is 179 g/mol. The minimum atomic E-state index is -2.19. The first-order chi connectivity index (χ1) is 5.45. The first-order valence-corrected chi connectivity index (χ1v) is 3.37. The summed E-state index contributed by atoms with van der Waals surface area (Å²) < 4.78 is 0. The number of hydrogen-bond acceptors (Lipinski definition) is 6. The molecule has 6 nitrogen and oxygen atoms in total. The van der Waals surface area contributed by atoms with Gasteiger partial charge in [0.05, 0.1) is 6.61 Å². The van der Waals surface area contributed by atoms with E-state index >= 15 is 0 Å². The highest BCUT2D eigenvalue weighted by atomic mass is 16.4. The molecule has 0 bridgehead atoms. The molecular weight excluding hydrogens is 166 g/mol. The third kappa shape index (κ3) is 2.84. The third-order valence-corrected chi connectivity index (χ3v) is 1.47. The van der Waals surface area contributed by atoms with Gasteiger partial charge in [0.15, 0.2) is 0 Å². The van der Waals surface area contributed by atoms with E-state index in [1.807, 2.05) is 0 Å². The third-order valence-electron chi connectivity index (χ3n) is 1.47. The lowest BCUT2D eigenvalue weighted by molar-refractivity contribution is -0.142. The standard InChI is InChI=1S/C6H13NO5/c7-6(12,1-2-8)5(11)4(10)3-9/h2,4-5,9-12H,1,3,7H2/t4-,5-,6-/m1/s1. The summed E-state index contributed by atoms with van der Waals surface area (Å²) in [6.45, 7) is -0.737. The van der Waals surface area contributed by atoms with Crippen LogP contribution in [0.4, 0.5) is 0 Å². The Morgan fingerprint density at radius 3 is 2.33 bits per heavy atom. The topological polar surface area (TPSA) is 124 Å². The van der Waals surface area contributed by atoms with E-state index in [1.165, 1.54) is 0 Å². The van der Waals surface area contributed by atoms with Gasteiger partial charge in [0, 0.05) is 6.42 Å². The highest BCUT2D eigenvalue weighted by Crippen LogP contribution is 2.10. The molecule has 6 N–H and O–H groups in total. The van der Waals surface area contributed by atoms with Gasteiger partial charge in [0.1, 0.15) is 24.2 Å². The number of carbonyl (C=O) groups excluding carboxylic acids is 1. The van der Waals surface area contributed by atoms with E-state index in [2.05, 4.69) is 0 Å². The SMILES string of the molecule is N[C@@](O)(CC=O)[C@H](O)[C@H](O)CO. The number of aldehydes is 1. The van der Waals surface area contributed by atoms with Crippen molar-refractivity contribution < 1.29 is 25.2 Å². The van der Waals surface area contributed by atoms with Gasteiger partial charge < -0.3 is 31.0 Å². The second-order valence-electron chi connectivity index (χ2n) is 2.56. The van der Waals surface area contributed by atoms with Crippen LogP contribution in [0.1, 0.15) is 6.42 Å². The van der Waals surface area contributed by atoms with Gasteiger partial charge in [-0.05, 0) is 0 Å². The van der Waals surface area contributed by atoms with Crippen LogP contribution >= 0.6 is 0 Å². The molecule has 12 heavy (non-hydrogen) atoms. The van der Waals surface area contributed by atoms with Crippen molar-refractivity contribution in [3.63, 3.8) is 0 Å². The summed E-state index contributed by atoms with van der Waals surface area (Å²) in [5.41, 5.74) is 2.86. The summed E-state index contributed by atoms with van der Waals surface area (Å²) in [6, 6.07) is 0. The van der Waals surface area contributed by atoms with Crippen LogP contribution in [0, 0.1) is 0 Å². The van der Waals surface area contributed by atoms with Crippen molar-refractivity contribution in [1.82, 2.24) is 0 Å². The van der Waals surface area contributed by atoms with Crippen LogP contribution in [-0.2, 0) is 4.79 Å². The molecule has 6 heteroatoms. The molecule has 0 saturated carbocycles. The number of nitrogens with two attached hydrogens (primary N) is 1. The summed E-state index contributed by atoms with van der Waals surface area (Å²) in [5, 5.41) is 35.3. The molecule has 0 aliphatic rings.